The van der Waals surface area contributed by atoms with Gasteiger partial charge in [-0.25, -0.2) is 0 Å². The molecule has 206 valence electrons. The van der Waals surface area contributed by atoms with Gasteiger partial charge in [0.25, 0.3) is 0 Å². The topological polar surface area (TPSA) is 62.6 Å². The molecule has 3 aromatic carbocycles. The van der Waals surface area contributed by atoms with Crippen LogP contribution in [-0.4, -0.2) is 29.5 Å². The first-order valence-corrected chi connectivity index (χ1v) is 13.0. The summed E-state index contributed by atoms with van der Waals surface area (Å²) in [7, 11) is 3.17. The largest absolute Gasteiger partial charge is 0.492 e. The van der Waals surface area contributed by atoms with E-state index in [9.17, 15) is 18.0 Å². The predicted molar refractivity (Wildman–Crippen MR) is 142 cm³/mol. The lowest BCUT2D eigenvalue weighted by molar-refractivity contribution is -0.141. The number of carbonyl (C=O) groups excluding carboxylic acids is 1. The van der Waals surface area contributed by atoms with Crippen molar-refractivity contribution in [1.82, 2.24) is 9.78 Å². The number of rotatable bonds is 6. The van der Waals surface area contributed by atoms with E-state index in [0.29, 0.717) is 42.1 Å². The van der Waals surface area contributed by atoms with Gasteiger partial charge in [0.2, 0.25) is 0 Å². The lowest BCUT2D eigenvalue weighted by atomic mass is 9.90. The monoisotopic (exact) mass is 548 g/mol. The first-order chi connectivity index (χ1) is 19.2. The number of esters is 1. The van der Waals surface area contributed by atoms with Gasteiger partial charge in [-0.3, -0.25) is 9.48 Å². The molecule has 0 radical (unpaired) electrons. The van der Waals surface area contributed by atoms with Gasteiger partial charge in [-0.2, -0.15) is 18.3 Å². The molecule has 6 rings (SSSR count). The summed E-state index contributed by atoms with van der Waals surface area (Å²) in [4.78, 5) is 11.7. The summed E-state index contributed by atoms with van der Waals surface area (Å²) in [6, 6.07) is 15.3. The Morgan fingerprint density at radius 1 is 1.05 bits per heavy atom. The molecule has 0 amide bonds. The summed E-state index contributed by atoms with van der Waals surface area (Å²) in [6.07, 6.45) is -0.0529. The molecule has 0 saturated heterocycles. The molecule has 0 spiro atoms. The van der Waals surface area contributed by atoms with Gasteiger partial charge >= 0.3 is 12.1 Å². The van der Waals surface area contributed by atoms with E-state index in [2.05, 4.69) is 5.10 Å². The van der Waals surface area contributed by atoms with E-state index in [1.165, 1.54) is 7.11 Å². The number of nitrogens with zero attached hydrogens (tertiary/aromatic N) is 2. The summed E-state index contributed by atoms with van der Waals surface area (Å²) in [5.41, 5.74) is 4.17. The van der Waals surface area contributed by atoms with E-state index in [-0.39, 0.29) is 23.9 Å². The minimum atomic E-state index is -4.50. The van der Waals surface area contributed by atoms with E-state index >= 15 is 0 Å². The second-order valence-corrected chi connectivity index (χ2v) is 10.2. The quantitative estimate of drug-likeness (QED) is 0.246. The average Bonchev–Trinajstić information content (AvgIpc) is 3.66. The van der Waals surface area contributed by atoms with Crippen LogP contribution < -0.4 is 9.47 Å². The fraction of sp³-hybridized carbons (Fsp3) is 0.290. The molecule has 1 aromatic heterocycles. The van der Waals surface area contributed by atoms with Crippen molar-refractivity contribution in [2.45, 2.75) is 37.5 Å². The van der Waals surface area contributed by atoms with Gasteiger partial charge in [-0.15, -0.1) is 0 Å². The number of aryl methyl sites for hydroxylation is 1. The van der Waals surface area contributed by atoms with E-state index < -0.39 is 17.8 Å². The van der Waals surface area contributed by atoms with Crippen LogP contribution in [0.3, 0.4) is 0 Å². The highest BCUT2D eigenvalue weighted by Gasteiger charge is 2.38. The zero-order valence-electron chi connectivity index (χ0n) is 22.0. The minimum Gasteiger partial charge on any atom is -0.492 e. The minimum absolute atomic E-state index is 0.0865. The van der Waals surface area contributed by atoms with Crippen LogP contribution in [-0.2, 0) is 29.2 Å². The maximum atomic E-state index is 14.2. The molecule has 2 heterocycles. The Bertz CT molecular complexity index is 1580. The third kappa shape index (κ3) is 4.80. The smallest absolute Gasteiger partial charge is 0.417 e. The second-order valence-electron chi connectivity index (χ2n) is 10.2. The standard InChI is InChI=1S/C31H27F3N2O4/c1-36-16-21(15-35-36)18-3-5-19(6-4-18)30-25-10-12-27(24(25)9-11-26(30)31(32,33)34)40-22-7-8-23-20(13-29(37)38-2)17-39-28(23)14-22/h3-9,11,14-16,20,27H,10,12-13,17H2,1-2H3/t20?,27-/m1/s1. The molecular weight excluding hydrogens is 521 g/mol. The fourth-order valence-corrected chi connectivity index (χ4v) is 5.70. The number of carbonyl (C=O) groups is 1. The van der Waals surface area contributed by atoms with Gasteiger partial charge in [-0.1, -0.05) is 36.4 Å². The lowest BCUT2D eigenvalue weighted by Crippen LogP contribution is -2.10. The number of methoxy groups -OCH3 is 1. The molecule has 1 aliphatic heterocycles. The van der Waals surface area contributed by atoms with Gasteiger partial charge in [0.15, 0.2) is 0 Å². The Kier molecular flexibility index (Phi) is 6.52. The number of aromatic nitrogens is 2. The van der Waals surface area contributed by atoms with Gasteiger partial charge in [0.1, 0.15) is 17.6 Å². The van der Waals surface area contributed by atoms with Crippen molar-refractivity contribution >= 4 is 5.97 Å². The van der Waals surface area contributed by atoms with Crippen LogP contribution >= 0.6 is 0 Å². The van der Waals surface area contributed by atoms with E-state index in [1.54, 1.807) is 35.1 Å². The first kappa shape index (κ1) is 26.0. The molecule has 6 nitrogen and oxygen atoms in total. The Hall–Kier alpha value is -4.27. The number of ether oxygens (including phenoxy) is 3. The highest BCUT2D eigenvalue weighted by atomic mass is 19.4. The lowest BCUT2D eigenvalue weighted by Gasteiger charge is -2.20. The maximum absolute atomic E-state index is 14.2. The predicted octanol–water partition coefficient (Wildman–Crippen LogP) is 6.88. The third-order valence-corrected chi connectivity index (χ3v) is 7.65. The van der Waals surface area contributed by atoms with Crippen molar-refractivity contribution in [3.05, 3.63) is 89.2 Å². The molecule has 2 aliphatic rings. The Balaban J connectivity index is 1.30. The molecular formula is C31H27F3N2O4. The number of hydrogen-bond acceptors (Lipinski definition) is 5. The van der Waals surface area contributed by atoms with Crippen molar-refractivity contribution in [1.29, 1.82) is 0 Å². The number of halogens is 3. The molecule has 1 aliphatic carbocycles. The van der Waals surface area contributed by atoms with Crippen LogP contribution in [0.4, 0.5) is 13.2 Å². The summed E-state index contributed by atoms with van der Waals surface area (Å²) >= 11 is 0. The molecule has 9 heteroatoms. The maximum Gasteiger partial charge on any atom is 0.417 e. The van der Waals surface area contributed by atoms with Crippen LogP contribution in [0.15, 0.2) is 67.0 Å². The summed E-state index contributed by atoms with van der Waals surface area (Å²) in [5.74, 6) is 0.825. The second kappa shape index (κ2) is 10.0. The normalized spacial score (nSPS) is 17.7. The highest BCUT2D eigenvalue weighted by molar-refractivity contribution is 5.77. The van der Waals surface area contributed by atoms with Crippen molar-refractivity contribution in [3.63, 3.8) is 0 Å². The summed E-state index contributed by atoms with van der Waals surface area (Å²) in [5, 5.41) is 4.18. The Morgan fingerprint density at radius 2 is 1.80 bits per heavy atom. The SMILES string of the molecule is COC(=O)CC1COc2cc(O[C@@H]3CCc4c3ccc(C(F)(F)F)c4-c3ccc(-c4cnn(C)c4)cc3)ccc21. The number of alkyl halides is 3. The summed E-state index contributed by atoms with van der Waals surface area (Å²) < 4.78 is 61.1. The van der Waals surface area contributed by atoms with Gasteiger partial charge < -0.3 is 14.2 Å². The molecule has 40 heavy (non-hydrogen) atoms. The van der Waals surface area contributed by atoms with E-state index in [4.69, 9.17) is 14.2 Å². The average molecular weight is 549 g/mol. The Morgan fingerprint density at radius 3 is 2.50 bits per heavy atom. The molecule has 0 bridgehead atoms. The van der Waals surface area contributed by atoms with Gasteiger partial charge in [0.05, 0.1) is 31.9 Å². The van der Waals surface area contributed by atoms with Gasteiger partial charge in [0, 0.05) is 36.4 Å². The van der Waals surface area contributed by atoms with Crippen LogP contribution in [0.1, 0.15) is 47.1 Å². The van der Waals surface area contributed by atoms with E-state index in [1.807, 2.05) is 37.5 Å². The third-order valence-electron chi connectivity index (χ3n) is 7.65. The number of benzene rings is 3. The van der Waals surface area contributed by atoms with E-state index in [0.717, 1.165) is 28.3 Å². The Labute approximate surface area is 229 Å². The zero-order chi connectivity index (χ0) is 28.0. The van der Waals surface area contributed by atoms with Crippen molar-refractivity contribution < 1.29 is 32.2 Å². The first-order valence-electron chi connectivity index (χ1n) is 13.0. The van der Waals surface area contributed by atoms with Gasteiger partial charge in [-0.05, 0) is 52.8 Å². The van der Waals surface area contributed by atoms with Crippen LogP contribution in [0.2, 0.25) is 0 Å². The molecule has 0 fully saturated rings. The van der Waals surface area contributed by atoms with Crippen molar-refractivity contribution in [2.24, 2.45) is 7.05 Å². The highest BCUT2D eigenvalue weighted by Crippen LogP contribution is 2.47. The fourth-order valence-electron chi connectivity index (χ4n) is 5.70. The molecule has 1 unspecified atom stereocenters. The molecule has 4 aromatic rings. The van der Waals surface area contributed by atoms with Crippen LogP contribution in [0.25, 0.3) is 22.3 Å². The van der Waals surface area contributed by atoms with Crippen molar-refractivity contribution in [3.8, 4) is 33.8 Å². The van der Waals surface area contributed by atoms with Crippen LogP contribution in [0.5, 0.6) is 11.5 Å². The van der Waals surface area contributed by atoms with Crippen LogP contribution in [0, 0.1) is 0 Å². The number of fused-ring (bicyclic) bond motifs is 2. The van der Waals surface area contributed by atoms with Crippen molar-refractivity contribution in [2.75, 3.05) is 13.7 Å². The molecule has 0 N–H and O–H groups in total. The molecule has 2 atom stereocenters. The summed E-state index contributed by atoms with van der Waals surface area (Å²) in [6.45, 7) is 0.378. The zero-order valence-corrected chi connectivity index (χ0v) is 22.0. The molecule has 0 saturated carbocycles. The number of hydrogen-bond donors (Lipinski definition) is 0.